The summed E-state index contributed by atoms with van der Waals surface area (Å²) >= 11 is 0. The van der Waals surface area contributed by atoms with E-state index in [1.165, 1.54) is 12.1 Å². The van der Waals surface area contributed by atoms with E-state index < -0.39 is 28.0 Å². The summed E-state index contributed by atoms with van der Waals surface area (Å²) in [5.41, 5.74) is 0. The standard InChI is InChI=1S/C18H25FN2O5S/c19-12-4-7-15(8-5-12)27(24,25)21-16-9-6-14(26-17(16)11-22)10-18(23)20-13-2-1-3-13/h4-5,7-8,13-14,16-17,21-22H,1-3,6,9-11H2,(H,20,23)/t14-,16+,17+/m1/s1. The summed E-state index contributed by atoms with van der Waals surface area (Å²) in [6.45, 7) is -0.364. The van der Waals surface area contributed by atoms with E-state index in [0.717, 1.165) is 31.4 Å². The number of nitrogens with one attached hydrogen (secondary N) is 2. The van der Waals surface area contributed by atoms with Crippen LogP contribution in [0.15, 0.2) is 29.2 Å². The van der Waals surface area contributed by atoms with Crippen molar-refractivity contribution >= 4 is 15.9 Å². The quantitative estimate of drug-likeness (QED) is 0.635. The van der Waals surface area contributed by atoms with Crippen LogP contribution >= 0.6 is 0 Å². The monoisotopic (exact) mass is 400 g/mol. The summed E-state index contributed by atoms with van der Waals surface area (Å²) in [4.78, 5) is 12.0. The molecule has 3 rings (SSSR count). The van der Waals surface area contributed by atoms with Gasteiger partial charge in [0.15, 0.2) is 0 Å². The lowest BCUT2D eigenvalue weighted by molar-refractivity contribution is -0.131. The molecule has 1 heterocycles. The third-order valence-electron chi connectivity index (χ3n) is 5.11. The molecule has 1 saturated carbocycles. The number of benzene rings is 1. The fourth-order valence-corrected chi connectivity index (χ4v) is 4.64. The lowest BCUT2D eigenvalue weighted by Crippen LogP contribution is -2.51. The second-order valence-corrected chi connectivity index (χ2v) is 8.85. The maximum absolute atomic E-state index is 13.0. The Morgan fingerprint density at radius 3 is 2.48 bits per heavy atom. The van der Waals surface area contributed by atoms with Crippen molar-refractivity contribution in [2.45, 2.75) is 67.7 Å². The highest BCUT2D eigenvalue weighted by Crippen LogP contribution is 2.24. The number of aliphatic hydroxyl groups excluding tert-OH is 1. The Labute approximate surface area is 158 Å². The molecular weight excluding hydrogens is 375 g/mol. The second kappa shape index (κ2) is 8.64. The highest BCUT2D eigenvalue weighted by Gasteiger charge is 2.35. The molecular formula is C18H25FN2O5S. The largest absolute Gasteiger partial charge is 0.394 e. The van der Waals surface area contributed by atoms with Gasteiger partial charge in [-0.05, 0) is 56.4 Å². The Hall–Kier alpha value is -1.55. The number of carbonyl (C=O) groups is 1. The topological polar surface area (TPSA) is 105 Å². The van der Waals surface area contributed by atoms with E-state index in [4.69, 9.17) is 4.74 Å². The van der Waals surface area contributed by atoms with Crippen LogP contribution in [0.5, 0.6) is 0 Å². The van der Waals surface area contributed by atoms with E-state index in [1.54, 1.807) is 0 Å². The lowest BCUT2D eigenvalue weighted by Gasteiger charge is -2.36. The van der Waals surface area contributed by atoms with Crippen LogP contribution in [0.3, 0.4) is 0 Å². The van der Waals surface area contributed by atoms with Gasteiger partial charge in [-0.2, -0.15) is 0 Å². The zero-order valence-corrected chi connectivity index (χ0v) is 15.8. The predicted octanol–water partition coefficient (Wildman–Crippen LogP) is 1.07. The molecule has 150 valence electrons. The van der Waals surface area contributed by atoms with Crippen molar-refractivity contribution in [3.8, 4) is 0 Å². The number of hydrogen-bond donors (Lipinski definition) is 3. The summed E-state index contributed by atoms with van der Waals surface area (Å²) in [6.07, 6.45) is 3.19. The minimum Gasteiger partial charge on any atom is -0.394 e. The predicted molar refractivity (Wildman–Crippen MR) is 95.9 cm³/mol. The molecule has 0 bridgehead atoms. The van der Waals surface area contributed by atoms with Crippen LogP contribution in [-0.4, -0.2) is 50.3 Å². The molecule has 1 aliphatic carbocycles. The van der Waals surface area contributed by atoms with Crippen molar-refractivity contribution in [3.05, 3.63) is 30.1 Å². The smallest absolute Gasteiger partial charge is 0.240 e. The summed E-state index contributed by atoms with van der Waals surface area (Å²) in [6, 6.07) is 4.16. The normalized spacial score (nSPS) is 26.4. The minimum atomic E-state index is -3.86. The van der Waals surface area contributed by atoms with Crippen LogP contribution in [0.4, 0.5) is 4.39 Å². The zero-order valence-electron chi connectivity index (χ0n) is 14.9. The number of halogens is 1. The molecule has 0 aromatic heterocycles. The molecule has 27 heavy (non-hydrogen) atoms. The molecule has 1 aliphatic heterocycles. The number of hydrogen-bond acceptors (Lipinski definition) is 5. The Balaban J connectivity index is 1.56. The van der Waals surface area contributed by atoms with Crippen molar-refractivity contribution in [3.63, 3.8) is 0 Å². The number of amides is 1. The van der Waals surface area contributed by atoms with Gasteiger partial charge in [-0.3, -0.25) is 4.79 Å². The van der Waals surface area contributed by atoms with E-state index in [2.05, 4.69) is 10.0 Å². The Morgan fingerprint density at radius 1 is 1.19 bits per heavy atom. The molecule has 3 N–H and O–H groups in total. The molecule has 2 aliphatic rings. The van der Waals surface area contributed by atoms with E-state index in [-0.39, 0.29) is 36.0 Å². The molecule has 0 spiro atoms. The summed E-state index contributed by atoms with van der Waals surface area (Å²) in [7, 11) is -3.86. The maximum atomic E-state index is 13.0. The molecule has 0 radical (unpaired) electrons. The van der Waals surface area contributed by atoms with Gasteiger partial charge in [0.1, 0.15) is 5.82 Å². The van der Waals surface area contributed by atoms with E-state index in [1.807, 2.05) is 0 Å². The van der Waals surface area contributed by atoms with Crippen molar-refractivity contribution in [2.24, 2.45) is 0 Å². The SMILES string of the molecule is O=C(C[C@H]1CC[C@H](NS(=O)(=O)c2ccc(F)cc2)[C@H](CO)O1)NC1CCC1. The number of carbonyl (C=O) groups excluding carboxylic acids is 1. The number of aliphatic hydroxyl groups is 1. The second-order valence-electron chi connectivity index (χ2n) is 7.14. The van der Waals surface area contributed by atoms with Crippen LogP contribution in [0.1, 0.15) is 38.5 Å². The molecule has 7 nitrogen and oxygen atoms in total. The van der Waals surface area contributed by atoms with Crippen LogP contribution in [0.25, 0.3) is 0 Å². The Bertz CT molecular complexity index is 752. The average Bonchev–Trinajstić information content (AvgIpc) is 2.59. The molecule has 1 amide bonds. The van der Waals surface area contributed by atoms with Gasteiger partial charge in [-0.15, -0.1) is 0 Å². The highest BCUT2D eigenvalue weighted by atomic mass is 32.2. The van der Waals surface area contributed by atoms with Crippen LogP contribution in [0, 0.1) is 5.82 Å². The number of ether oxygens (including phenoxy) is 1. The third-order valence-corrected chi connectivity index (χ3v) is 6.62. The van der Waals surface area contributed by atoms with Gasteiger partial charge in [-0.1, -0.05) is 0 Å². The molecule has 3 atom stereocenters. The molecule has 0 unspecified atom stereocenters. The molecule has 2 fully saturated rings. The van der Waals surface area contributed by atoms with Crippen molar-refractivity contribution in [1.29, 1.82) is 0 Å². The minimum absolute atomic E-state index is 0.0532. The van der Waals surface area contributed by atoms with Gasteiger partial charge in [0.05, 0.1) is 36.2 Å². The van der Waals surface area contributed by atoms with E-state index >= 15 is 0 Å². The van der Waals surface area contributed by atoms with Gasteiger partial charge < -0.3 is 15.2 Å². The number of sulfonamides is 1. The van der Waals surface area contributed by atoms with E-state index in [0.29, 0.717) is 12.8 Å². The summed E-state index contributed by atoms with van der Waals surface area (Å²) in [5, 5.41) is 12.5. The molecule has 1 saturated heterocycles. The average molecular weight is 400 g/mol. The van der Waals surface area contributed by atoms with Crippen molar-refractivity contribution in [2.75, 3.05) is 6.61 Å². The fourth-order valence-electron chi connectivity index (χ4n) is 3.34. The summed E-state index contributed by atoms with van der Waals surface area (Å²) in [5.74, 6) is -0.599. The third kappa shape index (κ3) is 5.25. The van der Waals surface area contributed by atoms with Crippen LogP contribution in [-0.2, 0) is 19.6 Å². The zero-order chi connectivity index (χ0) is 19.4. The first-order valence-corrected chi connectivity index (χ1v) is 10.7. The van der Waals surface area contributed by atoms with E-state index in [9.17, 15) is 22.7 Å². The molecule has 1 aromatic rings. The van der Waals surface area contributed by atoms with Crippen molar-refractivity contribution < 1.29 is 27.4 Å². The first kappa shape index (κ1) is 20.2. The molecule has 1 aromatic carbocycles. The first-order valence-electron chi connectivity index (χ1n) is 9.21. The van der Waals surface area contributed by atoms with Crippen LogP contribution in [0.2, 0.25) is 0 Å². The van der Waals surface area contributed by atoms with Crippen molar-refractivity contribution in [1.82, 2.24) is 10.0 Å². The first-order chi connectivity index (χ1) is 12.9. The van der Waals surface area contributed by atoms with Gasteiger partial charge in [0, 0.05) is 6.04 Å². The highest BCUT2D eigenvalue weighted by molar-refractivity contribution is 7.89. The van der Waals surface area contributed by atoms with Gasteiger partial charge in [0.25, 0.3) is 0 Å². The van der Waals surface area contributed by atoms with Crippen LogP contribution < -0.4 is 10.0 Å². The number of rotatable bonds is 7. The maximum Gasteiger partial charge on any atom is 0.240 e. The van der Waals surface area contributed by atoms with Gasteiger partial charge in [0.2, 0.25) is 15.9 Å². The Morgan fingerprint density at radius 2 is 1.89 bits per heavy atom. The summed E-state index contributed by atoms with van der Waals surface area (Å²) < 4.78 is 46.2. The Kier molecular flexibility index (Phi) is 6.46. The molecule has 9 heteroatoms. The lowest BCUT2D eigenvalue weighted by atomic mass is 9.92. The fraction of sp³-hybridized carbons (Fsp3) is 0.611. The van der Waals surface area contributed by atoms with Gasteiger partial charge >= 0.3 is 0 Å². The van der Waals surface area contributed by atoms with Gasteiger partial charge in [-0.25, -0.2) is 17.5 Å².